The average Bonchev–Trinajstić information content (AvgIpc) is 3.25. The number of sulfone groups is 1. The van der Waals surface area contributed by atoms with Crippen molar-refractivity contribution in [2.75, 3.05) is 13.7 Å². The third-order valence-electron chi connectivity index (χ3n) is 4.70. The lowest BCUT2D eigenvalue weighted by atomic mass is 10.1. The van der Waals surface area contributed by atoms with Crippen molar-refractivity contribution in [3.8, 4) is 5.75 Å². The van der Waals surface area contributed by atoms with Crippen molar-refractivity contribution in [1.82, 2.24) is 5.32 Å². The quantitative estimate of drug-likeness (QED) is 0.551. The summed E-state index contributed by atoms with van der Waals surface area (Å²) in [6, 6.07) is 13.7. The second-order valence-electron chi connectivity index (χ2n) is 6.79. The molecule has 1 heterocycles. The van der Waals surface area contributed by atoms with Crippen molar-refractivity contribution in [3.05, 3.63) is 83.6 Å². The monoisotopic (exact) mass is 431 g/mol. The summed E-state index contributed by atoms with van der Waals surface area (Å²) in [5.74, 6) is 0.0537. The zero-order valence-electron chi connectivity index (χ0n) is 16.6. The summed E-state index contributed by atoms with van der Waals surface area (Å²) in [6.45, 7) is 1.31. The molecule has 0 unspecified atom stereocenters. The van der Waals surface area contributed by atoms with E-state index < -0.39 is 20.9 Å². The van der Waals surface area contributed by atoms with Crippen LogP contribution in [-0.4, -0.2) is 28.0 Å². The molecule has 0 aliphatic carbocycles. The van der Waals surface area contributed by atoms with Crippen LogP contribution in [0.4, 0.5) is 4.39 Å². The maximum Gasteiger partial charge on any atom is 0.224 e. The molecule has 0 aliphatic rings. The minimum absolute atomic E-state index is 0.0350. The number of carbonyl (C=O) groups is 1. The van der Waals surface area contributed by atoms with Crippen molar-refractivity contribution >= 4 is 15.7 Å². The number of methoxy groups -OCH3 is 1. The lowest BCUT2D eigenvalue weighted by Gasteiger charge is -2.17. The van der Waals surface area contributed by atoms with Crippen molar-refractivity contribution in [1.29, 1.82) is 0 Å². The fourth-order valence-electron chi connectivity index (χ4n) is 2.99. The number of furan rings is 1. The Morgan fingerprint density at radius 2 is 1.90 bits per heavy atom. The van der Waals surface area contributed by atoms with Gasteiger partial charge in [0.15, 0.2) is 9.84 Å². The van der Waals surface area contributed by atoms with Gasteiger partial charge in [0.2, 0.25) is 5.91 Å². The van der Waals surface area contributed by atoms with Crippen LogP contribution in [0.5, 0.6) is 5.75 Å². The van der Waals surface area contributed by atoms with Gasteiger partial charge in [-0.15, -0.1) is 0 Å². The van der Waals surface area contributed by atoms with Crippen LogP contribution in [0, 0.1) is 12.7 Å². The predicted octanol–water partition coefficient (Wildman–Crippen LogP) is 3.61. The maximum absolute atomic E-state index is 13.6. The number of carbonyl (C=O) groups excluding carboxylic acids is 1. The number of aryl methyl sites for hydroxylation is 1. The third-order valence-corrected chi connectivity index (χ3v) is 6.76. The molecule has 1 atom stereocenters. The van der Waals surface area contributed by atoms with Gasteiger partial charge in [-0.2, -0.15) is 0 Å². The first kappa shape index (κ1) is 21.6. The highest BCUT2D eigenvalue weighted by atomic mass is 32.2. The van der Waals surface area contributed by atoms with Gasteiger partial charge in [-0.3, -0.25) is 4.79 Å². The lowest BCUT2D eigenvalue weighted by molar-refractivity contribution is -0.120. The van der Waals surface area contributed by atoms with Gasteiger partial charge in [0.05, 0.1) is 24.7 Å². The number of rotatable bonds is 8. The first-order valence-electron chi connectivity index (χ1n) is 9.24. The first-order valence-corrected chi connectivity index (χ1v) is 10.8. The summed E-state index contributed by atoms with van der Waals surface area (Å²) in [4.78, 5) is 12.4. The van der Waals surface area contributed by atoms with Crippen molar-refractivity contribution in [2.45, 2.75) is 23.5 Å². The van der Waals surface area contributed by atoms with E-state index in [0.29, 0.717) is 5.75 Å². The molecule has 2 aromatic carbocycles. The Labute approximate surface area is 174 Å². The van der Waals surface area contributed by atoms with Gasteiger partial charge >= 0.3 is 0 Å². The zero-order chi connectivity index (χ0) is 21.7. The normalized spacial score (nSPS) is 12.4. The summed E-state index contributed by atoms with van der Waals surface area (Å²) >= 11 is 0. The van der Waals surface area contributed by atoms with E-state index in [1.807, 2.05) is 0 Å². The molecule has 0 fully saturated rings. The van der Waals surface area contributed by atoms with Crippen LogP contribution in [0.2, 0.25) is 0 Å². The van der Waals surface area contributed by atoms with E-state index in [1.165, 1.54) is 31.4 Å². The third kappa shape index (κ3) is 4.88. The molecule has 3 rings (SSSR count). The molecule has 158 valence electrons. The average molecular weight is 431 g/mol. The number of hydrogen-bond acceptors (Lipinski definition) is 5. The largest absolute Gasteiger partial charge is 0.497 e. The zero-order valence-corrected chi connectivity index (χ0v) is 17.4. The minimum atomic E-state index is -3.93. The summed E-state index contributed by atoms with van der Waals surface area (Å²) in [5.41, 5.74) is 0.984. The number of amides is 1. The SMILES string of the molecule is COc1ccc(CC(=O)NC[C@@H](c2ccco2)S(=O)(=O)c2ccc(F)c(C)c2)cc1. The van der Waals surface area contributed by atoms with Crippen molar-refractivity contribution in [2.24, 2.45) is 0 Å². The molecule has 6 nitrogen and oxygen atoms in total. The Morgan fingerprint density at radius 1 is 1.17 bits per heavy atom. The number of halogens is 1. The molecule has 1 N–H and O–H groups in total. The van der Waals surface area contributed by atoms with E-state index in [2.05, 4.69) is 5.32 Å². The van der Waals surface area contributed by atoms with Gasteiger partial charge < -0.3 is 14.5 Å². The van der Waals surface area contributed by atoms with Crippen LogP contribution < -0.4 is 10.1 Å². The topological polar surface area (TPSA) is 85.6 Å². The second-order valence-corrected chi connectivity index (χ2v) is 8.92. The molecule has 0 aliphatic heterocycles. The number of nitrogens with one attached hydrogen (secondary N) is 1. The first-order chi connectivity index (χ1) is 14.3. The minimum Gasteiger partial charge on any atom is -0.497 e. The molecule has 0 saturated heterocycles. The number of benzene rings is 2. The molecule has 1 amide bonds. The Hall–Kier alpha value is -3.13. The van der Waals surface area contributed by atoms with Crippen molar-refractivity contribution in [3.63, 3.8) is 0 Å². The smallest absolute Gasteiger partial charge is 0.224 e. The van der Waals surface area contributed by atoms with E-state index in [1.54, 1.807) is 37.4 Å². The summed E-state index contributed by atoms with van der Waals surface area (Å²) in [5, 5.41) is 1.53. The Bertz CT molecular complexity index is 1110. The van der Waals surface area contributed by atoms with Gasteiger partial charge in [0.1, 0.15) is 22.6 Å². The van der Waals surface area contributed by atoms with Crippen LogP contribution in [0.25, 0.3) is 0 Å². The molecule has 0 radical (unpaired) electrons. The van der Waals surface area contributed by atoms with Gasteiger partial charge in [0, 0.05) is 6.54 Å². The molecular weight excluding hydrogens is 409 g/mol. The second kappa shape index (κ2) is 9.13. The van der Waals surface area contributed by atoms with Gasteiger partial charge in [-0.05, 0) is 60.5 Å². The van der Waals surface area contributed by atoms with E-state index in [9.17, 15) is 17.6 Å². The van der Waals surface area contributed by atoms with Gasteiger partial charge in [-0.25, -0.2) is 12.8 Å². The molecule has 8 heteroatoms. The fraction of sp³-hybridized carbons (Fsp3) is 0.227. The van der Waals surface area contributed by atoms with Gasteiger partial charge in [0.25, 0.3) is 0 Å². The van der Waals surface area contributed by atoms with E-state index in [-0.39, 0.29) is 35.1 Å². The molecule has 30 heavy (non-hydrogen) atoms. The van der Waals surface area contributed by atoms with Crippen LogP contribution in [0.1, 0.15) is 22.1 Å². The van der Waals surface area contributed by atoms with Crippen molar-refractivity contribution < 1.29 is 26.8 Å². The number of ether oxygens (including phenoxy) is 1. The molecule has 0 saturated carbocycles. The molecule has 1 aromatic heterocycles. The summed E-state index contributed by atoms with van der Waals surface area (Å²) in [7, 11) is -2.38. The predicted molar refractivity (Wildman–Crippen MR) is 109 cm³/mol. The summed E-state index contributed by atoms with van der Waals surface area (Å²) < 4.78 is 50.4. The Balaban J connectivity index is 1.77. The number of hydrogen-bond donors (Lipinski definition) is 1. The lowest BCUT2D eigenvalue weighted by Crippen LogP contribution is -2.32. The molecule has 0 spiro atoms. The maximum atomic E-state index is 13.6. The standard InChI is InChI=1S/C22H22FNO5S/c1-15-12-18(9-10-19(15)23)30(26,27)21(20-4-3-11-29-20)14-24-22(25)13-16-5-7-17(28-2)8-6-16/h3-12,21H,13-14H2,1-2H3,(H,24,25)/t21-/m0/s1. The molecule has 3 aromatic rings. The highest BCUT2D eigenvalue weighted by Crippen LogP contribution is 2.30. The van der Waals surface area contributed by atoms with E-state index in [0.717, 1.165) is 11.6 Å². The van der Waals surface area contributed by atoms with Gasteiger partial charge in [-0.1, -0.05) is 12.1 Å². The Kier molecular flexibility index (Phi) is 6.56. The Morgan fingerprint density at radius 3 is 2.50 bits per heavy atom. The van der Waals surface area contributed by atoms with E-state index >= 15 is 0 Å². The highest BCUT2D eigenvalue weighted by Gasteiger charge is 2.32. The van der Waals surface area contributed by atoms with Crippen LogP contribution in [0.3, 0.4) is 0 Å². The van der Waals surface area contributed by atoms with Crippen LogP contribution >= 0.6 is 0 Å². The molecular formula is C22H22FNO5S. The fourth-order valence-corrected chi connectivity index (χ4v) is 4.66. The van der Waals surface area contributed by atoms with Crippen LogP contribution in [-0.2, 0) is 21.1 Å². The van der Waals surface area contributed by atoms with Crippen LogP contribution in [0.15, 0.2) is 70.2 Å². The highest BCUT2D eigenvalue weighted by molar-refractivity contribution is 7.91. The molecule has 0 bridgehead atoms. The summed E-state index contributed by atoms with van der Waals surface area (Å²) in [6.07, 6.45) is 1.46. The van der Waals surface area contributed by atoms with E-state index in [4.69, 9.17) is 9.15 Å².